The number of hydrogen-bond acceptors (Lipinski definition) is 3. The molecule has 5 heteroatoms. The van der Waals surface area contributed by atoms with Crippen LogP contribution in [0.5, 0.6) is 0 Å². The lowest BCUT2D eigenvalue weighted by Gasteiger charge is -2.08. The van der Waals surface area contributed by atoms with Crippen LogP contribution in [0, 0.1) is 0 Å². The summed E-state index contributed by atoms with van der Waals surface area (Å²) in [5.41, 5.74) is 0.313. The van der Waals surface area contributed by atoms with Gasteiger partial charge in [0.1, 0.15) is 4.90 Å². The van der Waals surface area contributed by atoms with Crippen molar-refractivity contribution in [2.45, 2.75) is 11.8 Å². The van der Waals surface area contributed by atoms with E-state index >= 15 is 0 Å². The average Bonchev–Trinajstić information content (AvgIpc) is 2.33. The molecule has 0 amide bonds. The third-order valence-corrected chi connectivity index (χ3v) is 4.50. The number of sulfone groups is 1. The van der Waals surface area contributed by atoms with E-state index in [1.165, 1.54) is 13.1 Å². The molecule has 2 aromatic rings. The fourth-order valence-corrected chi connectivity index (χ4v) is 2.81. The topological polar surface area (TPSA) is 56.1 Å². The van der Waals surface area contributed by atoms with Crippen LogP contribution >= 0.6 is 0 Å². The van der Waals surface area contributed by atoms with E-state index in [1.54, 1.807) is 29.8 Å². The van der Waals surface area contributed by atoms with Gasteiger partial charge in [-0.1, -0.05) is 19.1 Å². The quantitative estimate of drug-likeness (QED) is 0.809. The predicted molar refractivity (Wildman–Crippen MR) is 66.9 cm³/mol. The van der Waals surface area contributed by atoms with Crippen molar-refractivity contribution in [3.05, 3.63) is 40.7 Å². The van der Waals surface area contributed by atoms with Crippen LogP contribution in [0.2, 0.25) is 0 Å². The molecule has 4 nitrogen and oxygen atoms in total. The molecule has 0 fully saturated rings. The molecule has 1 heterocycles. The van der Waals surface area contributed by atoms with Crippen LogP contribution in [0.15, 0.2) is 40.2 Å². The maximum absolute atomic E-state index is 12.1. The number of rotatable bonds is 2. The fraction of sp³-hybridized carbons (Fsp3) is 0.250. The molecular weight excluding hydrogens is 238 g/mol. The second-order valence-corrected chi connectivity index (χ2v) is 6.10. The number of benzene rings is 1. The van der Waals surface area contributed by atoms with Crippen molar-refractivity contribution in [3.8, 4) is 0 Å². The van der Waals surface area contributed by atoms with Crippen molar-refractivity contribution < 1.29 is 8.42 Å². The summed E-state index contributed by atoms with van der Waals surface area (Å²) in [4.78, 5) is 12.0. The van der Waals surface area contributed by atoms with Gasteiger partial charge in [0.25, 0.3) is 0 Å². The van der Waals surface area contributed by atoms with Crippen molar-refractivity contribution >= 4 is 20.7 Å². The van der Waals surface area contributed by atoms with Crippen LogP contribution in [0.3, 0.4) is 0 Å². The fourth-order valence-electron chi connectivity index (χ4n) is 1.79. The molecule has 0 aliphatic carbocycles. The zero-order chi connectivity index (χ0) is 12.6. The first-order valence-electron chi connectivity index (χ1n) is 5.28. The number of fused-ring (bicyclic) bond motifs is 1. The molecular formula is C12H13NO3S. The molecule has 0 atom stereocenters. The van der Waals surface area contributed by atoms with Gasteiger partial charge in [0, 0.05) is 18.6 Å². The van der Waals surface area contributed by atoms with Crippen LogP contribution < -0.4 is 5.43 Å². The molecule has 0 unspecified atom stereocenters. The lowest BCUT2D eigenvalue weighted by atomic mass is 10.2. The Bertz CT molecular complexity index is 729. The molecule has 1 aromatic heterocycles. The summed E-state index contributed by atoms with van der Waals surface area (Å²) >= 11 is 0. The van der Waals surface area contributed by atoms with Gasteiger partial charge in [0.05, 0.1) is 11.3 Å². The van der Waals surface area contributed by atoms with E-state index < -0.39 is 15.3 Å². The zero-order valence-electron chi connectivity index (χ0n) is 9.67. The number of para-hydroxylation sites is 1. The van der Waals surface area contributed by atoms with E-state index in [9.17, 15) is 13.2 Å². The Morgan fingerprint density at radius 2 is 1.88 bits per heavy atom. The van der Waals surface area contributed by atoms with Crippen molar-refractivity contribution in [2.24, 2.45) is 7.05 Å². The Hall–Kier alpha value is -1.62. The highest BCUT2D eigenvalue weighted by atomic mass is 32.2. The number of hydrogen-bond donors (Lipinski definition) is 0. The van der Waals surface area contributed by atoms with E-state index in [1.807, 2.05) is 6.07 Å². The minimum Gasteiger partial charge on any atom is -0.349 e. The summed E-state index contributed by atoms with van der Waals surface area (Å²) in [6.45, 7) is 1.53. The molecule has 17 heavy (non-hydrogen) atoms. The van der Waals surface area contributed by atoms with Crippen LogP contribution in [0.1, 0.15) is 6.92 Å². The van der Waals surface area contributed by atoms with Crippen LogP contribution in [-0.2, 0) is 16.9 Å². The molecule has 0 saturated heterocycles. The Kier molecular flexibility index (Phi) is 2.79. The van der Waals surface area contributed by atoms with E-state index in [0.717, 1.165) is 5.52 Å². The summed E-state index contributed by atoms with van der Waals surface area (Å²) in [7, 11) is -1.74. The molecule has 0 bridgehead atoms. The standard InChI is InChI=1S/C12H13NO3S/c1-3-17(15,16)11-8-13(2)10-7-5-4-6-9(10)12(11)14/h4-8H,3H2,1-2H3. The lowest BCUT2D eigenvalue weighted by molar-refractivity contribution is 0.595. The number of aromatic nitrogens is 1. The molecule has 0 spiro atoms. The second-order valence-electron chi connectivity index (χ2n) is 3.85. The average molecular weight is 251 g/mol. The van der Waals surface area contributed by atoms with E-state index in [0.29, 0.717) is 5.39 Å². The maximum atomic E-state index is 12.1. The Morgan fingerprint density at radius 1 is 1.24 bits per heavy atom. The zero-order valence-corrected chi connectivity index (χ0v) is 10.5. The first-order chi connectivity index (χ1) is 7.97. The second kappa shape index (κ2) is 4.00. The van der Waals surface area contributed by atoms with Gasteiger partial charge in [-0.05, 0) is 12.1 Å². The van der Waals surface area contributed by atoms with Crippen molar-refractivity contribution in [1.29, 1.82) is 0 Å². The first-order valence-corrected chi connectivity index (χ1v) is 6.93. The van der Waals surface area contributed by atoms with Gasteiger partial charge >= 0.3 is 0 Å². The largest absolute Gasteiger partial charge is 0.349 e. The van der Waals surface area contributed by atoms with E-state index in [2.05, 4.69) is 0 Å². The molecule has 0 aliphatic heterocycles. The molecule has 0 saturated carbocycles. The van der Waals surface area contributed by atoms with Gasteiger partial charge in [-0.2, -0.15) is 0 Å². The SMILES string of the molecule is CCS(=O)(=O)c1cn(C)c2ccccc2c1=O. The van der Waals surface area contributed by atoms with Gasteiger partial charge in [-0.25, -0.2) is 8.42 Å². The summed E-state index contributed by atoms with van der Waals surface area (Å²) in [5, 5.41) is 0.435. The van der Waals surface area contributed by atoms with Gasteiger partial charge in [0.15, 0.2) is 9.84 Å². The summed E-state index contributed by atoms with van der Waals surface area (Å²) in [6, 6.07) is 6.98. The van der Waals surface area contributed by atoms with E-state index in [4.69, 9.17) is 0 Å². The van der Waals surface area contributed by atoms with Gasteiger partial charge in [0.2, 0.25) is 5.43 Å². The monoisotopic (exact) mass is 251 g/mol. The third kappa shape index (κ3) is 1.86. The number of aryl methyl sites for hydroxylation is 1. The molecule has 1 aromatic carbocycles. The highest BCUT2D eigenvalue weighted by molar-refractivity contribution is 7.91. The summed E-state index contributed by atoms with van der Waals surface area (Å²) < 4.78 is 25.3. The third-order valence-electron chi connectivity index (χ3n) is 2.78. The molecule has 0 radical (unpaired) electrons. The van der Waals surface area contributed by atoms with Gasteiger partial charge < -0.3 is 4.57 Å². The Balaban J connectivity index is 2.96. The Labute approximate surface area is 99.4 Å². The van der Waals surface area contributed by atoms with Crippen LogP contribution in [0.4, 0.5) is 0 Å². The maximum Gasteiger partial charge on any atom is 0.208 e. The van der Waals surface area contributed by atoms with Crippen molar-refractivity contribution in [2.75, 3.05) is 5.75 Å². The Morgan fingerprint density at radius 3 is 2.53 bits per heavy atom. The minimum atomic E-state index is -3.48. The lowest BCUT2D eigenvalue weighted by Crippen LogP contribution is -2.19. The van der Waals surface area contributed by atoms with Crippen molar-refractivity contribution in [3.63, 3.8) is 0 Å². The van der Waals surface area contributed by atoms with Crippen LogP contribution in [0.25, 0.3) is 10.9 Å². The van der Waals surface area contributed by atoms with Crippen molar-refractivity contribution in [1.82, 2.24) is 4.57 Å². The number of pyridine rings is 1. The molecule has 0 N–H and O–H groups in total. The van der Waals surface area contributed by atoms with E-state index in [-0.39, 0.29) is 10.6 Å². The summed E-state index contributed by atoms with van der Waals surface area (Å²) in [6.07, 6.45) is 1.39. The first kappa shape index (κ1) is 11.9. The smallest absolute Gasteiger partial charge is 0.208 e. The highest BCUT2D eigenvalue weighted by Crippen LogP contribution is 2.13. The predicted octanol–water partition coefficient (Wildman–Crippen LogP) is 1.33. The highest BCUT2D eigenvalue weighted by Gasteiger charge is 2.18. The number of nitrogens with zero attached hydrogens (tertiary/aromatic N) is 1. The summed E-state index contributed by atoms with van der Waals surface area (Å²) in [5.74, 6) is -0.0689. The van der Waals surface area contributed by atoms with Gasteiger partial charge in [-0.15, -0.1) is 0 Å². The normalized spacial score (nSPS) is 11.9. The molecule has 90 valence electrons. The molecule has 2 rings (SSSR count). The minimum absolute atomic E-state index is 0.0689. The molecule has 0 aliphatic rings. The van der Waals surface area contributed by atoms with Gasteiger partial charge in [-0.3, -0.25) is 4.79 Å². The van der Waals surface area contributed by atoms with Crippen LogP contribution in [-0.4, -0.2) is 18.7 Å².